The number of hydrogen-bond acceptors (Lipinski definition) is 10. The van der Waals surface area contributed by atoms with E-state index >= 15 is 0 Å². The number of halogens is 1. The van der Waals surface area contributed by atoms with Crippen LogP contribution >= 0.6 is 11.6 Å². The van der Waals surface area contributed by atoms with E-state index in [0.717, 1.165) is 16.8 Å². The van der Waals surface area contributed by atoms with Crippen LogP contribution in [0.5, 0.6) is 0 Å². The van der Waals surface area contributed by atoms with E-state index in [0.29, 0.717) is 0 Å². The Morgan fingerprint density at radius 1 is 0.889 bits per heavy atom. The number of carbonyl (C=O) groups is 3. The lowest BCUT2D eigenvalue weighted by molar-refractivity contribution is -0.129. The number of rotatable bonds is 9. The fourth-order valence-corrected chi connectivity index (χ4v) is 4.75. The number of nitrogens with zero attached hydrogens (tertiary/aromatic N) is 4. The van der Waals surface area contributed by atoms with Crippen LogP contribution in [0.2, 0.25) is 5.02 Å². The summed E-state index contributed by atoms with van der Waals surface area (Å²) in [4.78, 5) is 69.3. The molecule has 1 N–H and O–H groups in total. The highest BCUT2D eigenvalue weighted by Crippen LogP contribution is 2.42. The van der Waals surface area contributed by atoms with Crippen molar-refractivity contribution in [3.63, 3.8) is 0 Å². The highest BCUT2D eigenvalue weighted by atomic mass is 35.5. The van der Waals surface area contributed by atoms with Gasteiger partial charge in [-0.3, -0.25) is 14.3 Å². The third kappa shape index (κ3) is 6.78. The molecule has 1 aliphatic heterocycles. The molecule has 4 aromatic rings. The van der Waals surface area contributed by atoms with Crippen molar-refractivity contribution in [2.75, 3.05) is 6.61 Å². The lowest BCUT2D eigenvalue weighted by Gasteiger charge is -2.29. The van der Waals surface area contributed by atoms with Crippen LogP contribution in [0.3, 0.4) is 0 Å². The van der Waals surface area contributed by atoms with E-state index in [2.05, 4.69) is 15.0 Å². The molecule has 0 saturated carbocycles. The van der Waals surface area contributed by atoms with Gasteiger partial charge in [-0.25, -0.2) is 19.2 Å². The highest BCUT2D eigenvalue weighted by molar-refractivity contribution is 6.30. The Kier molecular flexibility index (Phi) is 9.09. The second-order valence-electron chi connectivity index (χ2n) is 9.57. The Balaban J connectivity index is 1.61. The lowest BCUT2D eigenvalue weighted by Crippen LogP contribution is -2.49. The first-order valence-corrected chi connectivity index (χ1v) is 13.6. The van der Waals surface area contributed by atoms with E-state index < -0.39 is 59.9 Å². The first kappa shape index (κ1) is 30.8. The molecule has 4 atom stereocenters. The molecule has 3 aromatic carbocycles. The number of ether oxygens (including phenoxy) is 4. The molecule has 1 unspecified atom stereocenters. The van der Waals surface area contributed by atoms with Crippen molar-refractivity contribution in [1.29, 1.82) is 0 Å². The molecule has 0 amide bonds. The van der Waals surface area contributed by atoms with Gasteiger partial charge in [-0.1, -0.05) is 59.2 Å². The Labute approximate surface area is 258 Å². The quantitative estimate of drug-likeness (QED) is 0.0933. The van der Waals surface area contributed by atoms with Crippen molar-refractivity contribution in [3.05, 3.63) is 150 Å². The molecule has 1 saturated heterocycles. The van der Waals surface area contributed by atoms with Gasteiger partial charge in [-0.2, -0.15) is 0 Å². The Morgan fingerprint density at radius 3 is 2.11 bits per heavy atom. The summed E-state index contributed by atoms with van der Waals surface area (Å²) in [5.41, 5.74) is 5.70. The number of azide groups is 1. The maximum atomic E-state index is 13.4. The van der Waals surface area contributed by atoms with E-state index in [1.165, 1.54) is 48.5 Å². The number of nitrogens with one attached hydrogen (secondary N) is 1. The molecular formula is C30H22ClN5O9. The van der Waals surface area contributed by atoms with Crippen LogP contribution in [-0.2, 0) is 18.9 Å². The van der Waals surface area contributed by atoms with Gasteiger partial charge in [0.15, 0.2) is 18.4 Å². The third-order valence-electron chi connectivity index (χ3n) is 6.65. The number of aromatic amines is 1. The predicted octanol–water partition coefficient (Wildman–Crippen LogP) is 4.03. The topological polar surface area (TPSA) is 192 Å². The zero-order valence-electron chi connectivity index (χ0n) is 23.0. The predicted molar refractivity (Wildman–Crippen MR) is 156 cm³/mol. The Morgan fingerprint density at radius 2 is 1.51 bits per heavy atom. The molecule has 14 nitrogen and oxygen atoms in total. The summed E-state index contributed by atoms with van der Waals surface area (Å²) in [7, 11) is 0. The van der Waals surface area contributed by atoms with Crippen molar-refractivity contribution >= 4 is 29.5 Å². The number of esters is 3. The minimum atomic E-state index is -2.39. The zero-order valence-corrected chi connectivity index (χ0v) is 23.8. The summed E-state index contributed by atoms with van der Waals surface area (Å²) in [5.74, 6) is -2.78. The minimum absolute atomic E-state index is 0.0369. The Hall–Kier alpha value is -5.69. The van der Waals surface area contributed by atoms with Gasteiger partial charge in [0.05, 0.1) is 16.7 Å². The fourth-order valence-electron chi connectivity index (χ4n) is 4.56. The van der Waals surface area contributed by atoms with Crippen LogP contribution in [0, 0.1) is 0 Å². The average Bonchev–Trinajstić information content (AvgIpc) is 3.32. The van der Waals surface area contributed by atoms with Gasteiger partial charge in [0.25, 0.3) is 5.56 Å². The van der Waals surface area contributed by atoms with Gasteiger partial charge in [0.2, 0.25) is 5.72 Å². The molecular weight excluding hydrogens is 610 g/mol. The normalized spacial score (nSPS) is 20.4. The number of H-pyrrole nitrogens is 1. The van der Waals surface area contributed by atoms with Crippen LogP contribution in [0.25, 0.3) is 10.4 Å². The van der Waals surface area contributed by atoms with Crippen molar-refractivity contribution in [2.24, 2.45) is 5.11 Å². The highest BCUT2D eigenvalue weighted by Gasteiger charge is 2.61. The second kappa shape index (κ2) is 13.3. The number of hydrogen-bond donors (Lipinski definition) is 1. The first-order chi connectivity index (χ1) is 21.7. The van der Waals surface area contributed by atoms with E-state index in [4.69, 9.17) is 30.5 Å². The first-order valence-electron chi connectivity index (χ1n) is 13.2. The van der Waals surface area contributed by atoms with Crippen molar-refractivity contribution < 1.29 is 33.3 Å². The zero-order chi connectivity index (χ0) is 32.0. The van der Waals surface area contributed by atoms with Crippen LogP contribution in [0.15, 0.2) is 112 Å². The van der Waals surface area contributed by atoms with Gasteiger partial charge in [-0.05, 0) is 48.0 Å². The average molecular weight is 632 g/mol. The van der Waals surface area contributed by atoms with Crippen LogP contribution < -0.4 is 11.2 Å². The lowest BCUT2D eigenvalue weighted by atomic mass is 10.0. The number of benzene rings is 3. The van der Waals surface area contributed by atoms with E-state index in [9.17, 15) is 29.5 Å². The van der Waals surface area contributed by atoms with E-state index in [-0.39, 0.29) is 21.7 Å². The van der Waals surface area contributed by atoms with Gasteiger partial charge in [0.1, 0.15) is 6.61 Å². The van der Waals surface area contributed by atoms with Crippen molar-refractivity contribution in [3.8, 4) is 0 Å². The maximum absolute atomic E-state index is 13.4. The molecule has 5 rings (SSSR count). The summed E-state index contributed by atoms with van der Waals surface area (Å²) in [6.07, 6.45) is -4.10. The van der Waals surface area contributed by atoms with Crippen LogP contribution in [0.4, 0.5) is 0 Å². The monoisotopic (exact) mass is 631 g/mol. The van der Waals surface area contributed by atoms with E-state index in [1.807, 2.05) is 0 Å². The number of carbonyl (C=O) groups excluding carboxylic acids is 3. The fraction of sp³-hybridized carbons (Fsp3) is 0.167. The van der Waals surface area contributed by atoms with Gasteiger partial charge in [0, 0.05) is 22.2 Å². The summed E-state index contributed by atoms with van der Waals surface area (Å²) >= 11 is 6.00. The van der Waals surface area contributed by atoms with Gasteiger partial charge >= 0.3 is 23.6 Å². The molecule has 2 heterocycles. The molecule has 0 spiro atoms. The van der Waals surface area contributed by atoms with Crippen molar-refractivity contribution in [2.45, 2.75) is 24.2 Å². The largest absolute Gasteiger partial charge is 0.459 e. The smallest absolute Gasteiger partial charge is 0.338 e. The summed E-state index contributed by atoms with van der Waals surface area (Å²) < 4.78 is 23.9. The standard InChI is InChI=1S/C30H22ClN5O9/c31-21-13-7-12-20(16-21)26(38)42-17-30(34-35-32)24(44-28(40)19-10-5-2-6-11-19)23(43-27(39)18-8-3-1-4-9-18)25(45-30)36-15-14-22(37)33-29(36)41/h1-16,23-25H,17H2,(H,33,37,41)/t23-,24?,25+,30+/m0/s1. The summed E-state index contributed by atoms with van der Waals surface area (Å²) in [5, 5.41) is 3.96. The van der Waals surface area contributed by atoms with E-state index in [1.54, 1.807) is 36.4 Å². The molecule has 0 aliphatic carbocycles. The molecule has 15 heteroatoms. The molecule has 1 aliphatic rings. The molecule has 0 bridgehead atoms. The molecule has 1 aromatic heterocycles. The molecule has 1 fully saturated rings. The number of aromatic nitrogens is 2. The summed E-state index contributed by atoms with van der Waals surface area (Å²) in [6, 6.07) is 22.3. The van der Waals surface area contributed by atoms with Crippen LogP contribution in [-0.4, -0.2) is 52.0 Å². The third-order valence-corrected chi connectivity index (χ3v) is 6.89. The second-order valence-corrected chi connectivity index (χ2v) is 10.0. The Bertz CT molecular complexity index is 1890. The minimum Gasteiger partial charge on any atom is -0.459 e. The molecule has 0 radical (unpaired) electrons. The van der Waals surface area contributed by atoms with Crippen molar-refractivity contribution in [1.82, 2.24) is 9.55 Å². The SMILES string of the molecule is [N-]=[N+]=N[C@]1(COC(=O)c2cccc(Cl)c2)O[C@@H](n2ccc(=O)[nH]c2=O)[C@@H](OC(=O)c2ccccc2)C1OC(=O)c1ccccc1. The van der Waals surface area contributed by atoms with Gasteiger partial charge < -0.3 is 18.9 Å². The van der Waals surface area contributed by atoms with Gasteiger partial charge in [-0.15, -0.1) is 0 Å². The summed E-state index contributed by atoms with van der Waals surface area (Å²) in [6.45, 7) is -0.872. The molecule has 45 heavy (non-hydrogen) atoms. The van der Waals surface area contributed by atoms with Crippen LogP contribution in [0.1, 0.15) is 37.3 Å². The maximum Gasteiger partial charge on any atom is 0.338 e. The molecule has 228 valence electrons.